The van der Waals surface area contributed by atoms with Crippen LogP contribution in [0.5, 0.6) is 11.5 Å². The molecule has 4 rings (SSSR count). The SMILES string of the molecule is COc1ccccc1-c1nc(COC(=O)Cc2csc(COc3ccc(C)cc3)n2)cs1. The maximum absolute atomic E-state index is 12.3. The number of hydrogen-bond donors (Lipinski definition) is 0. The van der Waals surface area contributed by atoms with Gasteiger partial charge in [0.2, 0.25) is 0 Å². The van der Waals surface area contributed by atoms with E-state index in [1.807, 2.05) is 66.2 Å². The Morgan fingerprint density at radius 3 is 2.53 bits per heavy atom. The summed E-state index contributed by atoms with van der Waals surface area (Å²) in [4.78, 5) is 21.3. The molecule has 164 valence electrons. The molecule has 0 unspecified atom stereocenters. The molecular weight excluding hydrogens is 444 g/mol. The Balaban J connectivity index is 1.27. The highest BCUT2D eigenvalue weighted by molar-refractivity contribution is 7.13. The van der Waals surface area contributed by atoms with E-state index >= 15 is 0 Å². The molecule has 2 aromatic heterocycles. The minimum Gasteiger partial charge on any atom is -0.496 e. The van der Waals surface area contributed by atoms with Crippen molar-refractivity contribution in [1.82, 2.24) is 9.97 Å². The average molecular weight is 467 g/mol. The van der Waals surface area contributed by atoms with Crippen LogP contribution in [0.15, 0.2) is 59.3 Å². The van der Waals surface area contributed by atoms with Crippen LogP contribution < -0.4 is 9.47 Å². The number of benzene rings is 2. The molecule has 0 saturated carbocycles. The van der Waals surface area contributed by atoms with Gasteiger partial charge < -0.3 is 14.2 Å². The Labute approximate surface area is 194 Å². The first kappa shape index (κ1) is 22.0. The van der Waals surface area contributed by atoms with Gasteiger partial charge in [-0.25, -0.2) is 9.97 Å². The van der Waals surface area contributed by atoms with Crippen LogP contribution in [0, 0.1) is 6.92 Å². The van der Waals surface area contributed by atoms with E-state index in [0.717, 1.165) is 27.1 Å². The molecule has 0 N–H and O–H groups in total. The van der Waals surface area contributed by atoms with Gasteiger partial charge in [0.25, 0.3) is 0 Å². The summed E-state index contributed by atoms with van der Waals surface area (Å²) >= 11 is 2.95. The number of hydrogen-bond acceptors (Lipinski definition) is 8. The largest absolute Gasteiger partial charge is 0.496 e. The molecule has 0 aliphatic carbocycles. The third-order valence-electron chi connectivity index (χ3n) is 4.58. The zero-order valence-corrected chi connectivity index (χ0v) is 19.4. The van der Waals surface area contributed by atoms with Crippen molar-refractivity contribution in [3.63, 3.8) is 0 Å². The lowest BCUT2D eigenvalue weighted by Gasteiger charge is -2.05. The Morgan fingerprint density at radius 1 is 0.938 bits per heavy atom. The van der Waals surface area contributed by atoms with Gasteiger partial charge in [0.1, 0.15) is 34.7 Å². The number of rotatable bonds is 9. The Morgan fingerprint density at radius 2 is 1.72 bits per heavy atom. The van der Waals surface area contributed by atoms with Crippen LogP contribution >= 0.6 is 22.7 Å². The summed E-state index contributed by atoms with van der Waals surface area (Å²) in [6.45, 7) is 2.52. The predicted molar refractivity (Wildman–Crippen MR) is 125 cm³/mol. The summed E-state index contributed by atoms with van der Waals surface area (Å²) in [5.41, 5.74) is 3.48. The summed E-state index contributed by atoms with van der Waals surface area (Å²) in [7, 11) is 1.63. The van der Waals surface area contributed by atoms with Gasteiger partial charge in [-0.1, -0.05) is 29.8 Å². The molecule has 0 atom stereocenters. The van der Waals surface area contributed by atoms with Crippen LogP contribution in [0.2, 0.25) is 0 Å². The fourth-order valence-corrected chi connectivity index (χ4v) is 4.49. The highest BCUT2D eigenvalue weighted by Crippen LogP contribution is 2.32. The highest BCUT2D eigenvalue weighted by Gasteiger charge is 2.13. The second-order valence-electron chi connectivity index (χ2n) is 7.02. The number of para-hydroxylation sites is 1. The minimum atomic E-state index is -0.340. The lowest BCUT2D eigenvalue weighted by molar-refractivity contribution is -0.144. The third-order valence-corrected chi connectivity index (χ3v) is 6.37. The van der Waals surface area contributed by atoms with E-state index in [2.05, 4.69) is 9.97 Å². The van der Waals surface area contributed by atoms with Crippen LogP contribution in [0.1, 0.15) is 22.0 Å². The number of methoxy groups -OCH3 is 1. The average Bonchev–Trinajstić information content (AvgIpc) is 3.47. The minimum absolute atomic E-state index is 0.116. The molecule has 0 radical (unpaired) electrons. The van der Waals surface area contributed by atoms with Crippen LogP contribution in [-0.2, 0) is 29.2 Å². The molecule has 4 aromatic rings. The van der Waals surface area contributed by atoms with Crippen molar-refractivity contribution in [3.05, 3.63) is 81.2 Å². The van der Waals surface area contributed by atoms with Crippen LogP contribution in [-0.4, -0.2) is 23.0 Å². The molecule has 0 aliphatic heterocycles. The Bertz CT molecular complexity index is 1180. The third kappa shape index (κ3) is 5.72. The smallest absolute Gasteiger partial charge is 0.312 e. The number of aryl methyl sites for hydroxylation is 1. The lowest BCUT2D eigenvalue weighted by Crippen LogP contribution is -2.08. The monoisotopic (exact) mass is 466 g/mol. The highest BCUT2D eigenvalue weighted by atomic mass is 32.1. The summed E-state index contributed by atoms with van der Waals surface area (Å²) < 4.78 is 16.5. The van der Waals surface area contributed by atoms with E-state index in [1.54, 1.807) is 7.11 Å². The molecule has 6 nitrogen and oxygen atoms in total. The molecule has 2 heterocycles. The summed E-state index contributed by atoms with van der Waals surface area (Å²) in [5.74, 6) is 1.21. The van der Waals surface area contributed by atoms with E-state index in [0.29, 0.717) is 18.0 Å². The number of aromatic nitrogens is 2. The van der Waals surface area contributed by atoms with Crippen molar-refractivity contribution in [2.45, 2.75) is 26.6 Å². The summed E-state index contributed by atoms with van der Waals surface area (Å²) in [6.07, 6.45) is 0.116. The van der Waals surface area contributed by atoms with Gasteiger partial charge >= 0.3 is 5.97 Å². The van der Waals surface area contributed by atoms with Crippen molar-refractivity contribution >= 4 is 28.6 Å². The standard InChI is InChI=1S/C24H22N2O4S2/c1-16-7-9-19(10-8-16)29-13-22-25-17(14-31-22)11-23(27)30-12-18-15-32-24(26-18)20-5-3-4-6-21(20)28-2/h3-10,14-15H,11-13H2,1-2H3. The first-order valence-corrected chi connectivity index (χ1v) is 11.7. The van der Waals surface area contributed by atoms with E-state index in [-0.39, 0.29) is 19.0 Å². The quantitative estimate of drug-likeness (QED) is 0.306. The number of ether oxygens (including phenoxy) is 3. The molecule has 0 bridgehead atoms. The predicted octanol–water partition coefficient (Wildman–Crippen LogP) is 5.45. The fourth-order valence-electron chi connectivity index (χ4n) is 2.95. The first-order valence-electron chi connectivity index (χ1n) is 9.97. The molecule has 0 spiro atoms. The molecule has 0 amide bonds. The van der Waals surface area contributed by atoms with Gasteiger partial charge in [0.05, 0.1) is 30.5 Å². The summed E-state index contributed by atoms with van der Waals surface area (Å²) in [6, 6.07) is 15.6. The molecule has 0 fully saturated rings. The second-order valence-corrected chi connectivity index (χ2v) is 8.82. The number of carbonyl (C=O) groups is 1. The maximum Gasteiger partial charge on any atom is 0.312 e. The fraction of sp³-hybridized carbons (Fsp3) is 0.208. The van der Waals surface area contributed by atoms with E-state index in [4.69, 9.17) is 14.2 Å². The van der Waals surface area contributed by atoms with Crippen molar-refractivity contribution in [2.24, 2.45) is 0 Å². The van der Waals surface area contributed by atoms with Crippen molar-refractivity contribution < 1.29 is 19.0 Å². The van der Waals surface area contributed by atoms with Gasteiger partial charge in [-0.2, -0.15) is 0 Å². The molecule has 2 aromatic carbocycles. The van der Waals surface area contributed by atoms with Crippen molar-refractivity contribution in [2.75, 3.05) is 7.11 Å². The maximum atomic E-state index is 12.3. The lowest BCUT2D eigenvalue weighted by atomic mass is 10.2. The first-order chi connectivity index (χ1) is 15.6. The Kier molecular flexibility index (Phi) is 7.14. The van der Waals surface area contributed by atoms with E-state index in [1.165, 1.54) is 28.2 Å². The van der Waals surface area contributed by atoms with Crippen molar-refractivity contribution in [3.8, 4) is 22.1 Å². The number of nitrogens with zero attached hydrogens (tertiary/aromatic N) is 2. The van der Waals surface area contributed by atoms with Crippen LogP contribution in [0.25, 0.3) is 10.6 Å². The van der Waals surface area contributed by atoms with Gasteiger partial charge in [-0.3, -0.25) is 4.79 Å². The Hall–Kier alpha value is -3.23. The summed E-state index contributed by atoms with van der Waals surface area (Å²) in [5, 5.41) is 5.39. The molecular formula is C24H22N2O4S2. The van der Waals surface area contributed by atoms with Crippen LogP contribution in [0.4, 0.5) is 0 Å². The molecule has 8 heteroatoms. The van der Waals surface area contributed by atoms with Gasteiger partial charge in [0, 0.05) is 10.8 Å². The van der Waals surface area contributed by atoms with E-state index in [9.17, 15) is 4.79 Å². The zero-order valence-electron chi connectivity index (χ0n) is 17.7. The number of carbonyl (C=O) groups excluding carboxylic acids is 1. The zero-order chi connectivity index (χ0) is 22.3. The van der Waals surface area contributed by atoms with Gasteiger partial charge in [-0.05, 0) is 31.2 Å². The molecule has 0 aliphatic rings. The van der Waals surface area contributed by atoms with Gasteiger partial charge in [-0.15, -0.1) is 22.7 Å². The second kappa shape index (κ2) is 10.4. The van der Waals surface area contributed by atoms with Crippen LogP contribution in [0.3, 0.4) is 0 Å². The van der Waals surface area contributed by atoms with Crippen molar-refractivity contribution in [1.29, 1.82) is 0 Å². The normalized spacial score (nSPS) is 10.7. The number of thiazole rings is 2. The topological polar surface area (TPSA) is 70.5 Å². The van der Waals surface area contributed by atoms with Gasteiger partial charge in [0.15, 0.2) is 0 Å². The van der Waals surface area contributed by atoms with E-state index < -0.39 is 0 Å². The molecule has 32 heavy (non-hydrogen) atoms. The molecule has 0 saturated heterocycles. The number of esters is 1.